The predicted octanol–water partition coefficient (Wildman–Crippen LogP) is 4.79. The van der Waals surface area contributed by atoms with Crippen LogP contribution in [0.15, 0.2) is 36.7 Å². The second-order valence-corrected chi connectivity index (χ2v) is 7.08. The molecule has 3 rings (SSSR count). The number of anilines is 1. The Morgan fingerprint density at radius 2 is 2.04 bits per heavy atom. The van der Waals surface area contributed by atoms with E-state index in [9.17, 15) is 18.0 Å². The molecule has 0 unspecified atom stereocenters. The number of nitrogens with zero attached hydrogens (tertiary/aromatic N) is 2. The summed E-state index contributed by atoms with van der Waals surface area (Å²) >= 11 is 0.717. The molecule has 136 valence electrons. The Hall–Kier alpha value is -2.61. The molecule has 1 amide bonds. The Morgan fingerprint density at radius 1 is 1.27 bits per heavy atom. The standard InChI is InChI=1S/C18H16F3N3OS/c1-10(2)12-5-15(17(25)23-18-22-7-16(21)26-18)24(9-12)8-11-3-4-13(19)6-14(11)20/h3-7,9-10H,8H2,1-2H3,(H,22,23,25). The van der Waals surface area contributed by atoms with E-state index < -0.39 is 22.7 Å². The van der Waals surface area contributed by atoms with Gasteiger partial charge >= 0.3 is 0 Å². The molecule has 0 aliphatic heterocycles. The molecule has 0 saturated heterocycles. The molecule has 1 N–H and O–H groups in total. The van der Waals surface area contributed by atoms with Gasteiger partial charge in [0.2, 0.25) is 0 Å². The molecule has 0 saturated carbocycles. The number of rotatable bonds is 5. The number of carbonyl (C=O) groups is 1. The molecule has 1 aromatic carbocycles. The lowest BCUT2D eigenvalue weighted by Gasteiger charge is -2.10. The number of aromatic nitrogens is 2. The van der Waals surface area contributed by atoms with E-state index in [1.807, 2.05) is 13.8 Å². The van der Waals surface area contributed by atoms with Crippen molar-refractivity contribution in [3.8, 4) is 0 Å². The summed E-state index contributed by atoms with van der Waals surface area (Å²) in [6, 6.07) is 5.02. The lowest BCUT2D eigenvalue weighted by molar-refractivity contribution is 0.101. The molecule has 0 bridgehead atoms. The second-order valence-electron chi connectivity index (χ2n) is 6.10. The van der Waals surface area contributed by atoms with Crippen LogP contribution in [0.25, 0.3) is 0 Å². The van der Waals surface area contributed by atoms with E-state index in [2.05, 4.69) is 10.3 Å². The average Bonchev–Trinajstić information content (AvgIpc) is 3.16. The first-order valence-electron chi connectivity index (χ1n) is 7.90. The van der Waals surface area contributed by atoms with E-state index in [1.54, 1.807) is 16.8 Å². The molecule has 2 heterocycles. The summed E-state index contributed by atoms with van der Waals surface area (Å²) in [7, 11) is 0. The van der Waals surface area contributed by atoms with Crippen LogP contribution in [-0.4, -0.2) is 15.5 Å². The summed E-state index contributed by atoms with van der Waals surface area (Å²) in [5, 5.41) is 2.17. The van der Waals surface area contributed by atoms with Gasteiger partial charge in [-0.3, -0.25) is 10.1 Å². The first kappa shape index (κ1) is 18.2. The molecule has 0 radical (unpaired) electrons. The van der Waals surface area contributed by atoms with Crippen molar-refractivity contribution in [2.45, 2.75) is 26.3 Å². The minimum Gasteiger partial charge on any atom is -0.339 e. The number of carbonyl (C=O) groups excluding carboxylic acids is 1. The zero-order valence-electron chi connectivity index (χ0n) is 14.1. The summed E-state index contributed by atoms with van der Waals surface area (Å²) in [5.41, 5.74) is 1.43. The Balaban J connectivity index is 1.92. The van der Waals surface area contributed by atoms with Gasteiger partial charge in [0.05, 0.1) is 12.7 Å². The molecule has 0 aliphatic carbocycles. The Kier molecular flexibility index (Phi) is 5.13. The van der Waals surface area contributed by atoms with Gasteiger partial charge in [-0.25, -0.2) is 13.8 Å². The number of hydrogen-bond donors (Lipinski definition) is 1. The molecule has 0 fully saturated rings. The third kappa shape index (κ3) is 3.96. The van der Waals surface area contributed by atoms with Gasteiger partial charge in [-0.15, -0.1) is 0 Å². The van der Waals surface area contributed by atoms with Crippen LogP contribution in [0.2, 0.25) is 0 Å². The molecular weight excluding hydrogens is 363 g/mol. The lowest BCUT2D eigenvalue weighted by atomic mass is 10.1. The van der Waals surface area contributed by atoms with Crippen LogP contribution < -0.4 is 5.32 Å². The summed E-state index contributed by atoms with van der Waals surface area (Å²) < 4.78 is 41.7. The first-order valence-corrected chi connectivity index (χ1v) is 8.72. The minimum absolute atomic E-state index is 0.0633. The topological polar surface area (TPSA) is 46.9 Å². The van der Waals surface area contributed by atoms with Gasteiger partial charge in [0.1, 0.15) is 17.3 Å². The van der Waals surface area contributed by atoms with Crippen molar-refractivity contribution >= 4 is 22.4 Å². The number of hydrogen-bond acceptors (Lipinski definition) is 3. The molecular formula is C18H16F3N3OS. The number of benzene rings is 1. The molecule has 8 heteroatoms. The average molecular weight is 379 g/mol. The highest BCUT2D eigenvalue weighted by molar-refractivity contribution is 7.14. The Morgan fingerprint density at radius 3 is 2.65 bits per heavy atom. The van der Waals surface area contributed by atoms with Gasteiger partial charge in [-0.1, -0.05) is 31.3 Å². The molecule has 2 aromatic heterocycles. The Bertz CT molecular complexity index is 949. The van der Waals surface area contributed by atoms with Gasteiger partial charge in [0.25, 0.3) is 5.91 Å². The van der Waals surface area contributed by atoms with Crippen molar-refractivity contribution in [2.75, 3.05) is 5.32 Å². The smallest absolute Gasteiger partial charge is 0.274 e. The fourth-order valence-corrected chi connectivity index (χ4v) is 3.02. The number of thiazole rings is 1. The van der Waals surface area contributed by atoms with E-state index in [-0.39, 0.29) is 28.9 Å². The molecule has 3 aromatic rings. The minimum atomic E-state index is -0.682. The van der Waals surface area contributed by atoms with E-state index in [0.717, 1.165) is 29.2 Å². The zero-order valence-corrected chi connectivity index (χ0v) is 14.9. The fraction of sp³-hybridized carbons (Fsp3) is 0.222. The third-order valence-corrected chi connectivity index (χ3v) is 4.57. The van der Waals surface area contributed by atoms with Crippen molar-refractivity contribution in [2.24, 2.45) is 0 Å². The quantitative estimate of drug-likeness (QED) is 0.693. The number of halogens is 3. The van der Waals surface area contributed by atoms with Crippen LogP contribution in [-0.2, 0) is 6.54 Å². The summed E-state index contributed by atoms with van der Waals surface area (Å²) in [4.78, 5) is 16.3. The molecule has 4 nitrogen and oxygen atoms in total. The molecule has 0 atom stereocenters. The maximum atomic E-state index is 14.0. The predicted molar refractivity (Wildman–Crippen MR) is 94.0 cm³/mol. The van der Waals surface area contributed by atoms with Crippen LogP contribution >= 0.6 is 11.3 Å². The van der Waals surface area contributed by atoms with Gasteiger partial charge in [0.15, 0.2) is 10.3 Å². The monoisotopic (exact) mass is 379 g/mol. The van der Waals surface area contributed by atoms with Crippen molar-refractivity contribution in [1.29, 1.82) is 0 Å². The van der Waals surface area contributed by atoms with Gasteiger partial charge in [-0.2, -0.15) is 4.39 Å². The number of amides is 1. The SMILES string of the molecule is CC(C)c1cc(C(=O)Nc2ncc(F)s2)n(Cc2ccc(F)cc2F)c1. The highest BCUT2D eigenvalue weighted by Crippen LogP contribution is 2.22. The van der Waals surface area contributed by atoms with Crippen molar-refractivity contribution in [3.05, 3.63) is 70.2 Å². The third-order valence-electron chi connectivity index (χ3n) is 3.87. The first-order chi connectivity index (χ1) is 12.3. The van der Waals surface area contributed by atoms with Crippen molar-refractivity contribution < 1.29 is 18.0 Å². The molecule has 0 spiro atoms. The molecule has 26 heavy (non-hydrogen) atoms. The fourth-order valence-electron chi connectivity index (χ4n) is 2.48. The van der Waals surface area contributed by atoms with E-state index in [0.29, 0.717) is 0 Å². The summed E-state index contributed by atoms with van der Waals surface area (Å²) in [6.07, 6.45) is 2.78. The molecule has 0 aliphatic rings. The zero-order chi connectivity index (χ0) is 18.8. The van der Waals surface area contributed by atoms with E-state index in [4.69, 9.17) is 0 Å². The normalized spacial score (nSPS) is 11.2. The van der Waals surface area contributed by atoms with E-state index >= 15 is 0 Å². The Labute approximate surface area is 152 Å². The van der Waals surface area contributed by atoms with Gasteiger partial charge < -0.3 is 4.57 Å². The number of nitrogens with one attached hydrogen (secondary N) is 1. The van der Waals surface area contributed by atoms with Crippen LogP contribution in [0.5, 0.6) is 0 Å². The second kappa shape index (κ2) is 7.33. The lowest BCUT2D eigenvalue weighted by Crippen LogP contribution is -2.17. The van der Waals surface area contributed by atoms with Gasteiger partial charge in [0, 0.05) is 17.8 Å². The van der Waals surface area contributed by atoms with E-state index in [1.165, 1.54) is 12.1 Å². The largest absolute Gasteiger partial charge is 0.339 e. The van der Waals surface area contributed by atoms with Gasteiger partial charge in [-0.05, 0) is 23.6 Å². The highest BCUT2D eigenvalue weighted by atomic mass is 32.1. The van der Waals surface area contributed by atoms with Crippen molar-refractivity contribution in [1.82, 2.24) is 9.55 Å². The summed E-state index contributed by atoms with van der Waals surface area (Å²) in [6.45, 7) is 4.00. The van der Waals surface area contributed by atoms with Crippen LogP contribution in [0.3, 0.4) is 0 Å². The maximum absolute atomic E-state index is 14.0. The van der Waals surface area contributed by atoms with Crippen LogP contribution in [0.4, 0.5) is 18.3 Å². The highest BCUT2D eigenvalue weighted by Gasteiger charge is 2.18. The van der Waals surface area contributed by atoms with Crippen molar-refractivity contribution in [3.63, 3.8) is 0 Å². The summed E-state index contributed by atoms with van der Waals surface area (Å²) in [5.74, 6) is -1.67. The van der Waals surface area contributed by atoms with Crippen LogP contribution in [0, 0.1) is 16.8 Å². The maximum Gasteiger partial charge on any atom is 0.274 e. The van der Waals surface area contributed by atoms with Crippen LogP contribution in [0.1, 0.15) is 41.4 Å².